The number of nitrogens with one attached hydrogen (secondary N) is 1. The molecule has 9 nitrogen and oxygen atoms in total. The fourth-order valence-electron chi connectivity index (χ4n) is 3.60. The molecule has 3 aromatic heterocycles. The molecule has 3 N–H and O–H groups in total. The van der Waals surface area contributed by atoms with E-state index in [1.807, 2.05) is 12.1 Å². The number of anilines is 1. The maximum atomic E-state index is 12.1. The number of benzene rings is 1. The van der Waals surface area contributed by atoms with Crippen molar-refractivity contribution in [2.45, 2.75) is 38.4 Å². The number of pyridine rings is 1. The Morgan fingerprint density at radius 2 is 1.97 bits per heavy atom. The van der Waals surface area contributed by atoms with E-state index in [0.717, 1.165) is 12.1 Å². The fourth-order valence-corrected chi connectivity index (χ4v) is 3.60. The van der Waals surface area contributed by atoms with Crippen molar-refractivity contribution in [1.82, 2.24) is 25.0 Å². The van der Waals surface area contributed by atoms with Crippen LogP contribution in [0.4, 0.5) is 5.82 Å². The van der Waals surface area contributed by atoms with Gasteiger partial charge in [0, 0.05) is 42.0 Å². The summed E-state index contributed by atoms with van der Waals surface area (Å²) in [6.45, 7) is 2.51. The van der Waals surface area contributed by atoms with E-state index in [2.05, 4.69) is 38.6 Å². The van der Waals surface area contributed by atoms with E-state index in [-0.39, 0.29) is 11.4 Å². The van der Waals surface area contributed by atoms with E-state index < -0.39 is 6.04 Å². The molecule has 4 aromatic rings. The third-order valence-corrected chi connectivity index (χ3v) is 5.80. The number of nitrogens with zero attached hydrogens (tertiary/aromatic N) is 5. The van der Waals surface area contributed by atoms with Crippen molar-refractivity contribution in [3.05, 3.63) is 70.8 Å². The third-order valence-electron chi connectivity index (χ3n) is 5.80. The minimum atomic E-state index is -0.610. The maximum absolute atomic E-state index is 12.1. The van der Waals surface area contributed by atoms with E-state index in [0.29, 0.717) is 34.4 Å². The quantitative estimate of drug-likeness (QED) is 0.434. The van der Waals surface area contributed by atoms with Gasteiger partial charge in [-0.15, -0.1) is 0 Å². The molecule has 0 bridgehead atoms. The molecule has 3 heterocycles. The van der Waals surface area contributed by atoms with Crippen LogP contribution in [-0.2, 0) is 6.54 Å². The number of hydrogen-bond donors (Lipinski definition) is 2. The molecule has 1 aliphatic rings. The minimum Gasteiger partial charge on any atom is -0.382 e. The van der Waals surface area contributed by atoms with Crippen LogP contribution in [0.15, 0.2) is 64.2 Å². The largest absolute Gasteiger partial charge is 0.382 e. The zero-order chi connectivity index (χ0) is 23.7. The Bertz CT molecular complexity index is 1430. The van der Waals surface area contributed by atoms with Gasteiger partial charge in [-0.3, -0.25) is 9.36 Å². The highest BCUT2D eigenvalue weighted by molar-refractivity contribution is 5.72. The Morgan fingerprint density at radius 1 is 1.21 bits per heavy atom. The Labute approximate surface area is 195 Å². The second-order valence-corrected chi connectivity index (χ2v) is 8.39. The molecular weight excluding hydrogens is 430 g/mol. The number of nitrogen functional groups attached to an aromatic ring is 1. The average Bonchev–Trinajstić information content (AvgIpc) is 3.57. The summed E-state index contributed by atoms with van der Waals surface area (Å²) in [4.78, 5) is 21.0. The Kier molecular flexibility index (Phi) is 5.65. The molecule has 9 heteroatoms. The van der Waals surface area contributed by atoms with Crippen LogP contribution in [0.25, 0.3) is 34.0 Å². The normalized spacial score (nSPS) is 14.0. The van der Waals surface area contributed by atoms with Gasteiger partial charge in [0.05, 0.1) is 18.0 Å². The van der Waals surface area contributed by atoms with Crippen LogP contribution in [0.3, 0.4) is 0 Å². The highest BCUT2D eigenvalue weighted by Crippen LogP contribution is 2.29. The summed E-state index contributed by atoms with van der Waals surface area (Å²) in [5.41, 5.74) is 10.1. The molecule has 0 amide bonds. The summed E-state index contributed by atoms with van der Waals surface area (Å²) in [7, 11) is 0. The number of rotatable bonds is 7. The molecule has 1 aromatic carbocycles. The molecule has 0 radical (unpaired) electrons. The summed E-state index contributed by atoms with van der Waals surface area (Å²) in [5, 5.41) is 16.9. The fraction of sp³-hybridized carbons (Fsp3) is 0.240. The molecule has 1 saturated carbocycles. The molecule has 34 heavy (non-hydrogen) atoms. The molecule has 0 spiro atoms. The van der Waals surface area contributed by atoms with Gasteiger partial charge < -0.3 is 15.6 Å². The van der Waals surface area contributed by atoms with Crippen molar-refractivity contribution in [2.75, 3.05) is 5.73 Å². The number of aromatic nitrogens is 4. The van der Waals surface area contributed by atoms with Crippen LogP contribution >= 0.6 is 0 Å². The van der Waals surface area contributed by atoms with E-state index in [1.165, 1.54) is 35.2 Å². The van der Waals surface area contributed by atoms with E-state index >= 15 is 0 Å². The lowest BCUT2D eigenvalue weighted by atomic mass is 10.1. The third kappa shape index (κ3) is 4.44. The van der Waals surface area contributed by atoms with Crippen LogP contribution in [0.2, 0.25) is 0 Å². The lowest BCUT2D eigenvalue weighted by Crippen LogP contribution is -2.21. The van der Waals surface area contributed by atoms with Crippen molar-refractivity contribution < 1.29 is 4.52 Å². The van der Waals surface area contributed by atoms with Crippen molar-refractivity contribution in [1.29, 1.82) is 5.26 Å². The second kappa shape index (κ2) is 8.92. The molecule has 1 unspecified atom stereocenters. The predicted octanol–water partition coefficient (Wildman–Crippen LogP) is 3.55. The number of nitrogens with two attached hydrogens (primary N) is 1. The molecule has 1 atom stereocenters. The SMILES string of the molecule is CC(C#N)n1cc(-c2cnc(N)c(-c3cc(-c4ccc(CNC5CC5)cc4)no3)n2)ccc1=O. The Hall–Kier alpha value is -4.29. The van der Waals surface area contributed by atoms with Crippen molar-refractivity contribution in [3.63, 3.8) is 0 Å². The summed E-state index contributed by atoms with van der Waals surface area (Å²) in [6.07, 6.45) is 5.63. The Balaban J connectivity index is 1.41. The van der Waals surface area contributed by atoms with Crippen LogP contribution in [0, 0.1) is 11.3 Å². The maximum Gasteiger partial charge on any atom is 0.251 e. The van der Waals surface area contributed by atoms with Gasteiger partial charge in [-0.25, -0.2) is 9.97 Å². The molecule has 170 valence electrons. The topological polar surface area (TPSA) is 136 Å². The highest BCUT2D eigenvalue weighted by Gasteiger charge is 2.20. The van der Waals surface area contributed by atoms with Gasteiger partial charge in [-0.1, -0.05) is 29.4 Å². The van der Waals surface area contributed by atoms with E-state index in [9.17, 15) is 10.1 Å². The molecule has 0 saturated heterocycles. The van der Waals surface area contributed by atoms with Gasteiger partial charge in [-0.2, -0.15) is 5.26 Å². The zero-order valence-electron chi connectivity index (χ0n) is 18.6. The van der Waals surface area contributed by atoms with Gasteiger partial charge in [0.15, 0.2) is 17.3 Å². The van der Waals surface area contributed by atoms with E-state index in [4.69, 9.17) is 10.3 Å². The Morgan fingerprint density at radius 3 is 2.71 bits per heavy atom. The molecule has 1 fully saturated rings. The monoisotopic (exact) mass is 453 g/mol. The van der Waals surface area contributed by atoms with Gasteiger partial charge in [0.25, 0.3) is 5.56 Å². The highest BCUT2D eigenvalue weighted by atomic mass is 16.5. The molecule has 1 aliphatic carbocycles. The first kappa shape index (κ1) is 21.6. The molecule has 5 rings (SSSR count). The van der Waals surface area contributed by atoms with Crippen LogP contribution in [-0.4, -0.2) is 25.7 Å². The second-order valence-electron chi connectivity index (χ2n) is 8.39. The summed E-state index contributed by atoms with van der Waals surface area (Å²) >= 11 is 0. The van der Waals surface area contributed by atoms with Crippen LogP contribution in [0.5, 0.6) is 0 Å². The minimum absolute atomic E-state index is 0.201. The summed E-state index contributed by atoms with van der Waals surface area (Å²) < 4.78 is 6.90. The summed E-state index contributed by atoms with van der Waals surface area (Å²) in [5.74, 6) is 0.590. The number of hydrogen-bond acceptors (Lipinski definition) is 8. The smallest absolute Gasteiger partial charge is 0.251 e. The lowest BCUT2D eigenvalue weighted by molar-refractivity contribution is 0.434. The first-order chi connectivity index (χ1) is 16.5. The van der Waals surface area contributed by atoms with Gasteiger partial charge in [0.1, 0.15) is 11.7 Å². The van der Waals surface area contributed by atoms with E-state index in [1.54, 1.807) is 25.3 Å². The van der Waals surface area contributed by atoms with Crippen molar-refractivity contribution in [3.8, 4) is 40.0 Å². The molecular formula is C25H23N7O2. The zero-order valence-corrected chi connectivity index (χ0v) is 18.6. The molecule has 0 aliphatic heterocycles. The predicted molar refractivity (Wildman–Crippen MR) is 127 cm³/mol. The lowest BCUT2D eigenvalue weighted by Gasteiger charge is -2.10. The summed E-state index contributed by atoms with van der Waals surface area (Å²) in [6, 6.07) is 15.1. The van der Waals surface area contributed by atoms with Crippen LogP contribution in [0.1, 0.15) is 31.4 Å². The van der Waals surface area contributed by atoms with Crippen molar-refractivity contribution in [2.24, 2.45) is 0 Å². The van der Waals surface area contributed by atoms with Gasteiger partial charge >= 0.3 is 0 Å². The van der Waals surface area contributed by atoms with Crippen LogP contribution < -0.4 is 16.6 Å². The first-order valence-electron chi connectivity index (χ1n) is 11.1. The average molecular weight is 454 g/mol. The van der Waals surface area contributed by atoms with Gasteiger partial charge in [-0.05, 0) is 31.4 Å². The van der Waals surface area contributed by atoms with Crippen molar-refractivity contribution >= 4 is 5.82 Å². The first-order valence-corrected chi connectivity index (χ1v) is 11.1. The number of nitriles is 1. The van der Waals surface area contributed by atoms with Gasteiger partial charge in [0.2, 0.25) is 0 Å². The standard InChI is InChI=1S/C25H23N7O2/c1-15(11-26)32-14-18(6-9-23(32)33)21-13-29-25(27)24(30-21)22-10-20(31-34-22)17-4-2-16(3-5-17)12-28-19-7-8-19/h2-6,9-10,13-15,19,28H,7-8,12H2,1H3,(H2,27,29).